The Kier molecular flexibility index (Phi) is 3.65. The minimum absolute atomic E-state index is 0.0697. The fraction of sp³-hybridized carbons (Fsp3) is 0.250. The number of hydrogen-bond acceptors (Lipinski definition) is 5. The Hall–Kier alpha value is -2.57. The maximum Gasteiger partial charge on any atom is 0.338 e. The van der Waals surface area contributed by atoms with Gasteiger partial charge in [-0.3, -0.25) is 9.69 Å². The summed E-state index contributed by atoms with van der Waals surface area (Å²) in [6, 6.07) is 5.10. The predicted octanol–water partition coefficient (Wildman–Crippen LogP) is 0.101. The van der Waals surface area contributed by atoms with E-state index < -0.39 is 24.5 Å². The minimum atomic E-state index is -0.733. The Bertz CT molecular complexity index is 529. The Morgan fingerprint density at radius 2 is 2.21 bits per heavy atom. The van der Waals surface area contributed by atoms with Crippen molar-refractivity contribution in [1.29, 1.82) is 0 Å². The number of phenols is 1. The normalized spacial score (nSPS) is 14.1. The summed E-state index contributed by atoms with van der Waals surface area (Å²) in [5.41, 5.74) is 0.138. The molecule has 1 aromatic rings. The van der Waals surface area contributed by atoms with Crippen molar-refractivity contribution in [3.8, 4) is 5.75 Å². The Balaban J connectivity index is 1.90. The molecule has 0 aromatic heterocycles. The molecule has 0 radical (unpaired) electrons. The Morgan fingerprint density at radius 3 is 2.84 bits per heavy atom. The number of imide groups is 1. The molecule has 1 aliphatic rings. The van der Waals surface area contributed by atoms with Crippen molar-refractivity contribution >= 4 is 17.9 Å². The number of hydrogen-bond donors (Lipinski definition) is 2. The molecular formula is C12H12N2O5. The largest absolute Gasteiger partial charge is 0.508 e. The molecular weight excluding hydrogens is 252 g/mol. The number of amides is 3. The molecule has 7 nitrogen and oxygen atoms in total. The maximum atomic E-state index is 11.6. The topological polar surface area (TPSA) is 95.9 Å². The average molecular weight is 264 g/mol. The summed E-state index contributed by atoms with van der Waals surface area (Å²) in [5, 5.41) is 11.7. The van der Waals surface area contributed by atoms with Crippen LogP contribution >= 0.6 is 0 Å². The molecule has 7 heteroatoms. The molecule has 0 bridgehead atoms. The van der Waals surface area contributed by atoms with Gasteiger partial charge in [0, 0.05) is 13.1 Å². The molecule has 100 valence electrons. The molecule has 2 N–H and O–H groups in total. The van der Waals surface area contributed by atoms with Gasteiger partial charge in [0.25, 0.3) is 5.91 Å². The monoisotopic (exact) mass is 264 g/mol. The molecule has 3 amide bonds. The smallest absolute Gasteiger partial charge is 0.338 e. The van der Waals surface area contributed by atoms with Gasteiger partial charge in [-0.1, -0.05) is 6.07 Å². The second-order valence-corrected chi connectivity index (χ2v) is 3.90. The molecule has 2 rings (SSSR count). The molecule has 0 saturated carbocycles. The molecule has 0 aliphatic carbocycles. The first-order valence-electron chi connectivity index (χ1n) is 5.62. The fourth-order valence-corrected chi connectivity index (χ4v) is 1.63. The molecule has 0 atom stereocenters. The van der Waals surface area contributed by atoms with Crippen LogP contribution in [0.25, 0.3) is 0 Å². The van der Waals surface area contributed by atoms with Crippen LogP contribution in [0, 0.1) is 0 Å². The SMILES string of the molecule is O=C(OCC(=O)N1CCNC1=O)c1cccc(O)c1. The Morgan fingerprint density at radius 1 is 1.42 bits per heavy atom. The van der Waals surface area contributed by atoms with E-state index in [2.05, 4.69) is 5.32 Å². The van der Waals surface area contributed by atoms with E-state index in [9.17, 15) is 19.5 Å². The van der Waals surface area contributed by atoms with Gasteiger partial charge in [-0.05, 0) is 18.2 Å². The van der Waals surface area contributed by atoms with Crippen LogP contribution in [-0.4, -0.2) is 47.6 Å². The minimum Gasteiger partial charge on any atom is -0.508 e. The van der Waals surface area contributed by atoms with Crippen molar-refractivity contribution in [3.63, 3.8) is 0 Å². The predicted molar refractivity (Wildman–Crippen MR) is 63.5 cm³/mol. The van der Waals surface area contributed by atoms with Crippen molar-refractivity contribution in [2.45, 2.75) is 0 Å². The molecule has 0 spiro atoms. The number of nitrogens with zero attached hydrogens (tertiary/aromatic N) is 1. The lowest BCUT2D eigenvalue weighted by Gasteiger charge is -2.12. The standard InChI is InChI=1S/C12H12N2O5/c15-9-3-1-2-8(6-9)11(17)19-7-10(16)14-5-4-13-12(14)18/h1-3,6,15H,4-5,7H2,(H,13,18). The number of carbonyl (C=O) groups excluding carboxylic acids is 3. The van der Waals surface area contributed by atoms with Crippen molar-refractivity contribution in [3.05, 3.63) is 29.8 Å². The molecule has 1 saturated heterocycles. The third-order valence-electron chi connectivity index (χ3n) is 2.57. The summed E-state index contributed by atoms with van der Waals surface area (Å²) in [7, 11) is 0. The summed E-state index contributed by atoms with van der Waals surface area (Å²) in [4.78, 5) is 35.4. The summed E-state index contributed by atoms with van der Waals surface area (Å²) in [5.74, 6) is -1.38. The van der Waals surface area contributed by atoms with E-state index >= 15 is 0 Å². The molecule has 1 aliphatic heterocycles. The average Bonchev–Trinajstić information content (AvgIpc) is 2.82. The first kappa shape index (κ1) is 12.9. The number of aromatic hydroxyl groups is 1. The highest BCUT2D eigenvalue weighted by molar-refractivity contribution is 5.98. The van der Waals surface area contributed by atoms with E-state index in [4.69, 9.17) is 4.74 Å². The van der Waals surface area contributed by atoms with E-state index in [1.807, 2.05) is 0 Å². The maximum absolute atomic E-state index is 11.6. The Labute approximate surface area is 108 Å². The number of urea groups is 1. The zero-order valence-corrected chi connectivity index (χ0v) is 9.96. The van der Waals surface area contributed by atoms with Crippen LogP contribution in [0.4, 0.5) is 4.79 Å². The summed E-state index contributed by atoms with van der Waals surface area (Å²) in [6.45, 7) is 0.147. The molecule has 19 heavy (non-hydrogen) atoms. The van der Waals surface area contributed by atoms with Gasteiger partial charge >= 0.3 is 12.0 Å². The first-order chi connectivity index (χ1) is 9.08. The van der Waals surface area contributed by atoms with Crippen LogP contribution < -0.4 is 5.32 Å². The second kappa shape index (κ2) is 5.38. The highest BCUT2D eigenvalue weighted by atomic mass is 16.5. The van der Waals surface area contributed by atoms with Crippen molar-refractivity contribution in [2.75, 3.05) is 19.7 Å². The number of carbonyl (C=O) groups is 3. The van der Waals surface area contributed by atoms with Crippen molar-refractivity contribution in [1.82, 2.24) is 10.2 Å². The summed E-state index contributed by atoms with van der Waals surface area (Å²) >= 11 is 0. The van der Waals surface area contributed by atoms with Crippen LogP contribution in [-0.2, 0) is 9.53 Å². The van der Waals surface area contributed by atoms with Gasteiger partial charge < -0.3 is 15.2 Å². The van der Waals surface area contributed by atoms with Crippen LogP contribution in [0.3, 0.4) is 0 Å². The van der Waals surface area contributed by atoms with E-state index in [1.54, 1.807) is 0 Å². The second-order valence-electron chi connectivity index (χ2n) is 3.90. The number of rotatable bonds is 3. The lowest BCUT2D eigenvalue weighted by molar-refractivity contribution is -0.130. The van der Waals surface area contributed by atoms with Gasteiger partial charge in [0.15, 0.2) is 6.61 Å². The van der Waals surface area contributed by atoms with E-state index in [0.717, 1.165) is 4.90 Å². The van der Waals surface area contributed by atoms with Crippen LogP contribution in [0.1, 0.15) is 10.4 Å². The van der Waals surface area contributed by atoms with E-state index in [-0.39, 0.29) is 17.9 Å². The number of phenolic OH excluding ortho intramolecular Hbond substituents is 1. The van der Waals surface area contributed by atoms with Crippen molar-refractivity contribution in [2.24, 2.45) is 0 Å². The quantitative estimate of drug-likeness (QED) is 0.755. The highest BCUT2D eigenvalue weighted by Gasteiger charge is 2.26. The lowest BCUT2D eigenvalue weighted by atomic mass is 10.2. The van der Waals surface area contributed by atoms with Crippen LogP contribution in [0.15, 0.2) is 24.3 Å². The number of nitrogens with one attached hydrogen (secondary N) is 1. The molecule has 0 unspecified atom stereocenters. The van der Waals surface area contributed by atoms with Gasteiger partial charge in [-0.15, -0.1) is 0 Å². The number of ether oxygens (including phenoxy) is 1. The van der Waals surface area contributed by atoms with Gasteiger partial charge in [-0.2, -0.15) is 0 Å². The van der Waals surface area contributed by atoms with Gasteiger partial charge in [0.05, 0.1) is 5.56 Å². The fourth-order valence-electron chi connectivity index (χ4n) is 1.63. The van der Waals surface area contributed by atoms with Gasteiger partial charge in [0.2, 0.25) is 0 Å². The number of esters is 1. The third kappa shape index (κ3) is 3.01. The van der Waals surface area contributed by atoms with Crippen molar-refractivity contribution < 1.29 is 24.2 Å². The zero-order chi connectivity index (χ0) is 13.8. The summed E-state index contributed by atoms with van der Waals surface area (Å²) in [6.07, 6.45) is 0. The highest BCUT2D eigenvalue weighted by Crippen LogP contribution is 2.11. The van der Waals surface area contributed by atoms with Gasteiger partial charge in [0.1, 0.15) is 5.75 Å². The molecule has 1 fully saturated rings. The molecule has 1 aromatic carbocycles. The third-order valence-corrected chi connectivity index (χ3v) is 2.57. The lowest BCUT2D eigenvalue weighted by Crippen LogP contribution is -2.37. The van der Waals surface area contributed by atoms with Crippen LogP contribution in [0.5, 0.6) is 5.75 Å². The first-order valence-corrected chi connectivity index (χ1v) is 5.62. The summed E-state index contributed by atoms with van der Waals surface area (Å²) < 4.78 is 4.78. The molecule has 1 heterocycles. The zero-order valence-electron chi connectivity index (χ0n) is 9.96. The number of benzene rings is 1. The van der Waals surface area contributed by atoms with Gasteiger partial charge in [-0.25, -0.2) is 9.59 Å². The van der Waals surface area contributed by atoms with Crippen LogP contribution in [0.2, 0.25) is 0 Å². The van der Waals surface area contributed by atoms with E-state index in [1.165, 1.54) is 24.3 Å². The van der Waals surface area contributed by atoms with E-state index in [0.29, 0.717) is 6.54 Å².